The van der Waals surface area contributed by atoms with Crippen molar-refractivity contribution in [2.24, 2.45) is 0 Å². The van der Waals surface area contributed by atoms with Gasteiger partial charge in [-0.15, -0.1) is 11.3 Å². The Labute approximate surface area is 147 Å². The summed E-state index contributed by atoms with van der Waals surface area (Å²) < 4.78 is 27.5. The minimum atomic E-state index is -0.881. The van der Waals surface area contributed by atoms with Crippen LogP contribution in [0.2, 0.25) is 0 Å². The third-order valence-electron chi connectivity index (χ3n) is 4.43. The summed E-state index contributed by atoms with van der Waals surface area (Å²) in [7, 11) is 0. The molecule has 1 fully saturated rings. The van der Waals surface area contributed by atoms with Crippen LogP contribution in [0.4, 0.5) is 8.78 Å². The number of hydrogen-bond donors (Lipinski definition) is 0. The molecule has 0 radical (unpaired) electrons. The van der Waals surface area contributed by atoms with Crippen molar-refractivity contribution in [2.45, 2.75) is 19.3 Å². The molecule has 0 saturated carbocycles. The summed E-state index contributed by atoms with van der Waals surface area (Å²) in [6.45, 7) is 1.69. The van der Waals surface area contributed by atoms with Gasteiger partial charge in [-0.3, -0.25) is 4.79 Å². The molecule has 4 rings (SSSR count). The zero-order valence-electron chi connectivity index (χ0n) is 13.5. The summed E-state index contributed by atoms with van der Waals surface area (Å²) in [5, 5.41) is 0.636. The second-order valence-electron chi connectivity index (χ2n) is 6.21. The molecule has 128 valence electrons. The molecule has 2 heterocycles. The Kier molecular flexibility index (Phi) is 4.21. The van der Waals surface area contributed by atoms with Crippen LogP contribution in [-0.2, 0) is 11.2 Å². The highest BCUT2D eigenvalue weighted by Crippen LogP contribution is 2.31. The zero-order valence-corrected chi connectivity index (χ0v) is 14.3. The first kappa shape index (κ1) is 16.1. The highest BCUT2D eigenvalue weighted by atomic mass is 32.1. The van der Waals surface area contributed by atoms with Crippen LogP contribution in [0.3, 0.4) is 0 Å². The van der Waals surface area contributed by atoms with Gasteiger partial charge < -0.3 is 4.90 Å². The smallest absolute Gasteiger partial charge is 0.226 e. The molecule has 0 bridgehead atoms. The van der Waals surface area contributed by atoms with Gasteiger partial charge in [-0.25, -0.2) is 13.8 Å². The van der Waals surface area contributed by atoms with Gasteiger partial charge in [-0.2, -0.15) is 0 Å². The number of amides is 1. The van der Waals surface area contributed by atoms with Crippen LogP contribution < -0.4 is 0 Å². The van der Waals surface area contributed by atoms with E-state index >= 15 is 0 Å². The molecule has 1 aromatic heterocycles. The molecule has 1 saturated heterocycles. The van der Waals surface area contributed by atoms with Crippen LogP contribution >= 0.6 is 11.3 Å². The standard InChI is InChI=1S/C19H16F2N2OS/c20-14-5-4-13(11-15(14)21)19-22-16-9-12(3-6-17(16)25-19)10-18(24)23-7-1-2-8-23/h3-6,9,11H,1-2,7-8,10H2. The maximum Gasteiger partial charge on any atom is 0.226 e. The Morgan fingerprint density at radius 2 is 1.88 bits per heavy atom. The predicted octanol–water partition coefficient (Wildman–Crippen LogP) is 4.41. The topological polar surface area (TPSA) is 33.2 Å². The van der Waals surface area contributed by atoms with E-state index < -0.39 is 11.6 Å². The van der Waals surface area contributed by atoms with Gasteiger partial charge in [0.25, 0.3) is 0 Å². The number of fused-ring (bicyclic) bond motifs is 1. The van der Waals surface area contributed by atoms with E-state index in [1.54, 1.807) is 0 Å². The van der Waals surface area contributed by atoms with E-state index in [9.17, 15) is 13.6 Å². The lowest BCUT2D eigenvalue weighted by atomic mass is 10.1. The summed E-state index contributed by atoms with van der Waals surface area (Å²) in [4.78, 5) is 18.7. The Balaban J connectivity index is 1.60. The van der Waals surface area contributed by atoms with Crippen molar-refractivity contribution < 1.29 is 13.6 Å². The summed E-state index contributed by atoms with van der Waals surface area (Å²) in [5.74, 6) is -1.60. The van der Waals surface area contributed by atoms with Crippen molar-refractivity contribution in [3.05, 3.63) is 53.6 Å². The molecule has 0 atom stereocenters. The molecule has 1 aliphatic heterocycles. The molecule has 1 aliphatic rings. The summed E-state index contributed by atoms with van der Waals surface area (Å²) in [6.07, 6.45) is 2.52. The van der Waals surface area contributed by atoms with E-state index in [1.165, 1.54) is 17.4 Å². The average molecular weight is 358 g/mol. The normalized spacial score (nSPS) is 14.4. The van der Waals surface area contributed by atoms with E-state index in [4.69, 9.17) is 0 Å². The second kappa shape index (κ2) is 6.52. The second-order valence-corrected chi connectivity index (χ2v) is 7.25. The molecule has 6 heteroatoms. The van der Waals surface area contributed by atoms with Crippen molar-refractivity contribution in [1.82, 2.24) is 9.88 Å². The Morgan fingerprint density at radius 3 is 2.64 bits per heavy atom. The predicted molar refractivity (Wildman–Crippen MR) is 94.5 cm³/mol. The number of carbonyl (C=O) groups is 1. The Morgan fingerprint density at radius 1 is 1.08 bits per heavy atom. The fourth-order valence-corrected chi connectivity index (χ4v) is 4.03. The number of benzene rings is 2. The lowest BCUT2D eigenvalue weighted by Crippen LogP contribution is -2.29. The lowest BCUT2D eigenvalue weighted by molar-refractivity contribution is -0.129. The highest BCUT2D eigenvalue weighted by molar-refractivity contribution is 7.21. The summed E-state index contributed by atoms with van der Waals surface area (Å²) >= 11 is 1.42. The van der Waals surface area contributed by atoms with Gasteiger partial charge in [-0.1, -0.05) is 6.07 Å². The van der Waals surface area contributed by atoms with Crippen LogP contribution in [-0.4, -0.2) is 28.9 Å². The third-order valence-corrected chi connectivity index (χ3v) is 5.52. The van der Waals surface area contributed by atoms with E-state index in [0.717, 1.165) is 53.8 Å². The Hall–Kier alpha value is -2.34. The van der Waals surface area contributed by atoms with E-state index in [2.05, 4.69) is 4.98 Å². The van der Waals surface area contributed by atoms with Crippen LogP contribution in [0, 0.1) is 11.6 Å². The third kappa shape index (κ3) is 3.26. The van der Waals surface area contributed by atoms with Gasteiger partial charge in [-0.05, 0) is 48.7 Å². The fourth-order valence-electron chi connectivity index (χ4n) is 3.09. The quantitative estimate of drug-likeness (QED) is 0.695. The first-order valence-corrected chi connectivity index (χ1v) is 9.04. The van der Waals surface area contributed by atoms with Gasteiger partial charge in [0.1, 0.15) is 5.01 Å². The minimum Gasteiger partial charge on any atom is -0.342 e. The number of hydrogen-bond acceptors (Lipinski definition) is 3. The number of thiazole rings is 1. The molecule has 0 spiro atoms. The molecular formula is C19H16F2N2OS. The maximum absolute atomic E-state index is 13.4. The molecule has 3 aromatic rings. The number of carbonyl (C=O) groups excluding carboxylic acids is 1. The molecular weight excluding hydrogens is 342 g/mol. The number of nitrogens with zero attached hydrogens (tertiary/aromatic N) is 2. The van der Waals surface area contributed by atoms with Crippen molar-refractivity contribution in [2.75, 3.05) is 13.1 Å². The van der Waals surface area contributed by atoms with Crippen LogP contribution in [0.25, 0.3) is 20.8 Å². The van der Waals surface area contributed by atoms with Crippen molar-refractivity contribution in [3.8, 4) is 10.6 Å². The largest absolute Gasteiger partial charge is 0.342 e. The molecule has 3 nitrogen and oxygen atoms in total. The molecule has 0 N–H and O–H groups in total. The first-order valence-electron chi connectivity index (χ1n) is 8.23. The number of aromatic nitrogens is 1. The van der Waals surface area contributed by atoms with Gasteiger partial charge in [0.2, 0.25) is 5.91 Å². The summed E-state index contributed by atoms with van der Waals surface area (Å²) in [6, 6.07) is 9.56. The minimum absolute atomic E-state index is 0.146. The number of likely N-dealkylation sites (tertiary alicyclic amines) is 1. The van der Waals surface area contributed by atoms with Gasteiger partial charge >= 0.3 is 0 Å². The fraction of sp³-hybridized carbons (Fsp3) is 0.263. The number of rotatable bonds is 3. The lowest BCUT2D eigenvalue weighted by Gasteiger charge is -2.14. The van der Waals surface area contributed by atoms with Gasteiger partial charge in [0.15, 0.2) is 11.6 Å². The molecule has 0 unspecified atom stereocenters. The van der Waals surface area contributed by atoms with Crippen molar-refractivity contribution in [3.63, 3.8) is 0 Å². The maximum atomic E-state index is 13.4. The van der Waals surface area contributed by atoms with E-state index in [0.29, 0.717) is 17.0 Å². The van der Waals surface area contributed by atoms with Crippen LogP contribution in [0.5, 0.6) is 0 Å². The van der Waals surface area contributed by atoms with Crippen molar-refractivity contribution in [1.29, 1.82) is 0 Å². The van der Waals surface area contributed by atoms with Crippen LogP contribution in [0.1, 0.15) is 18.4 Å². The van der Waals surface area contributed by atoms with Gasteiger partial charge in [0.05, 0.1) is 16.6 Å². The highest BCUT2D eigenvalue weighted by Gasteiger charge is 2.18. The summed E-state index contributed by atoms with van der Waals surface area (Å²) in [5.41, 5.74) is 2.25. The molecule has 1 amide bonds. The van der Waals surface area contributed by atoms with E-state index in [1.807, 2.05) is 23.1 Å². The zero-order chi connectivity index (χ0) is 17.4. The molecule has 25 heavy (non-hydrogen) atoms. The average Bonchev–Trinajstić information content (AvgIpc) is 3.26. The number of halogens is 2. The molecule has 0 aliphatic carbocycles. The molecule has 2 aromatic carbocycles. The Bertz CT molecular complexity index is 948. The SMILES string of the molecule is O=C(Cc1ccc2sc(-c3ccc(F)c(F)c3)nc2c1)N1CCCC1. The monoisotopic (exact) mass is 358 g/mol. The van der Waals surface area contributed by atoms with Crippen LogP contribution in [0.15, 0.2) is 36.4 Å². The van der Waals surface area contributed by atoms with Gasteiger partial charge in [0, 0.05) is 18.7 Å². The first-order chi connectivity index (χ1) is 12.1. The van der Waals surface area contributed by atoms with E-state index in [-0.39, 0.29) is 5.91 Å². The van der Waals surface area contributed by atoms with Crippen molar-refractivity contribution >= 4 is 27.5 Å².